The van der Waals surface area contributed by atoms with Crippen LogP contribution in [0.4, 0.5) is 18.9 Å². The summed E-state index contributed by atoms with van der Waals surface area (Å²) >= 11 is 0. The predicted molar refractivity (Wildman–Crippen MR) is 103 cm³/mol. The molecule has 1 aliphatic rings. The van der Waals surface area contributed by atoms with E-state index in [0.717, 1.165) is 18.6 Å². The van der Waals surface area contributed by atoms with E-state index in [4.69, 9.17) is 4.74 Å². The van der Waals surface area contributed by atoms with Gasteiger partial charge in [0.1, 0.15) is 5.75 Å². The molecule has 0 atom stereocenters. The van der Waals surface area contributed by atoms with Gasteiger partial charge in [-0.2, -0.15) is 25.9 Å². The molecule has 158 valence electrons. The highest BCUT2D eigenvalue weighted by Gasteiger charge is 2.36. The summed E-state index contributed by atoms with van der Waals surface area (Å²) in [6, 6.07) is 7.91. The van der Waals surface area contributed by atoms with Gasteiger partial charge in [-0.05, 0) is 55.7 Å². The average Bonchev–Trinajstić information content (AvgIpc) is 2.99. The van der Waals surface area contributed by atoms with Crippen molar-refractivity contribution >= 4 is 15.9 Å². The Morgan fingerprint density at radius 1 is 0.966 bits per heavy atom. The van der Waals surface area contributed by atoms with Gasteiger partial charge in [0.15, 0.2) is 0 Å². The van der Waals surface area contributed by atoms with Crippen molar-refractivity contribution in [2.45, 2.75) is 25.4 Å². The monoisotopic (exact) mass is 429 g/mol. The minimum atomic E-state index is -4.36. The molecule has 0 spiro atoms. The number of benzene rings is 1. The number of nitrogens with zero attached hydrogens (tertiary/aromatic N) is 3. The van der Waals surface area contributed by atoms with Crippen LogP contribution in [0.1, 0.15) is 24.8 Å². The van der Waals surface area contributed by atoms with E-state index in [-0.39, 0.29) is 0 Å². The van der Waals surface area contributed by atoms with Crippen LogP contribution in [0.2, 0.25) is 0 Å². The van der Waals surface area contributed by atoms with Crippen molar-refractivity contribution in [3.8, 4) is 5.75 Å². The molecule has 10 heteroatoms. The van der Waals surface area contributed by atoms with Crippen molar-refractivity contribution < 1.29 is 26.3 Å². The van der Waals surface area contributed by atoms with Crippen LogP contribution in [-0.4, -0.2) is 43.9 Å². The SMILES string of the molecule is O=S1(=O)N(CCCCCOc2ccc(C(F)(F)F)cc2)CCN1c1ccncc1. The molecule has 29 heavy (non-hydrogen) atoms. The third-order valence-corrected chi connectivity index (χ3v) is 6.58. The molecular weight excluding hydrogens is 407 g/mol. The molecule has 2 aromatic rings. The third kappa shape index (κ3) is 5.39. The molecule has 0 aliphatic carbocycles. The smallest absolute Gasteiger partial charge is 0.416 e. The molecule has 0 amide bonds. The molecule has 0 radical (unpaired) electrons. The number of unbranched alkanes of at least 4 members (excludes halogenated alkanes) is 2. The molecule has 1 aromatic carbocycles. The maximum absolute atomic E-state index is 12.6. The van der Waals surface area contributed by atoms with E-state index in [0.29, 0.717) is 50.5 Å². The molecule has 1 aliphatic heterocycles. The molecule has 1 aromatic heterocycles. The van der Waals surface area contributed by atoms with Crippen molar-refractivity contribution in [1.82, 2.24) is 9.29 Å². The molecule has 1 fully saturated rings. The quantitative estimate of drug-likeness (QED) is 0.600. The van der Waals surface area contributed by atoms with E-state index in [1.165, 1.54) is 20.7 Å². The Hall–Kier alpha value is -2.33. The summed E-state index contributed by atoms with van der Waals surface area (Å²) < 4.78 is 71.1. The van der Waals surface area contributed by atoms with Gasteiger partial charge in [0, 0.05) is 32.0 Å². The molecule has 1 saturated heterocycles. The van der Waals surface area contributed by atoms with E-state index in [1.54, 1.807) is 24.5 Å². The fraction of sp³-hybridized carbons (Fsp3) is 0.421. The van der Waals surface area contributed by atoms with Crippen LogP contribution >= 0.6 is 0 Å². The largest absolute Gasteiger partial charge is 0.494 e. The van der Waals surface area contributed by atoms with Crippen molar-refractivity contribution in [3.05, 3.63) is 54.4 Å². The molecule has 0 unspecified atom stereocenters. The maximum Gasteiger partial charge on any atom is 0.416 e. The Morgan fingerprint density at radius 3 is 2.31 bits per heavy atom. The lowest BCUT2D eigenvalue weighted by Gasteiger charge is -2.19. The van der Waals surface area contributed by atoms with Crippen LogP contribution in [0, 0.1) is 0 Å². The van der Waals surface area contributed by atoms with Crippen LogP contribution in [0.15, 0.2) is 48.8 Å². The number of alkyl halides is 3. The summed E-state index contributed by atoms with van der Waals surface area (Å²) in [4.78, 5) is 3.90. The number of ether oxygens (including phenoxy) is 1. The number of hydrogen-bond donors (Lipinski definition) is 0. The van der Waals surface area contributed by atoms with Gasteiger partial charge in [0.2, 0.25) is 0 Å². The molecule has 3 rings (SSSR count). The first-order chi connectivity index (χ1) is 13.8. The van der Waals surface area contributed by atoms with Gasteiger partial charge in [-0.1, -0.05) is 0 Å². The summed E-state index contributed by atoms with van der Waals surface area (Å²) in [7, 11) is -3.52. The lowest BCUT2D eigenvalue weighted by Crippen LogP contribution is -2.33. The Labute approximate surface area is 168 Å². The van der Waals surface area contributed by atoms with E-state index in [2.05, 4.69) is 4.98 Å². The van der Waals surface area contributed by atoms with Gasteiger partial charge in [-0.15, -0.1) is 0 Å². The lowest BCUT2D eigenvalue weighted by atomic mass is 10.2. The third-order valence-electron chi connectivity index (χ3n) is 4.61. The standard InChI is InChI=1S/C19H22F3N3O3S/c20-19(21,22)16-4-6-18(7-5-16)28-15-3-1-2-12-24-13-14-25(29(24,26)27)17-8-10-23-11-9-17/h4-11H,1-3,12-15H2. The number of hydrogen-bond acceptors (Lipinski definition) is 4. The van der Waals surface area contributed by atoms with E-state index in [9.17, 15) is 21.6 Å². The summed E-state index contributed by atoms with van der Waals surface area (Å²) in [5.41, 5.74) is -0.107. The van der Waals surface area contributed by atoms with Crippen LogP contribution < -0.4 is 9.04 Å². The minimum absolute atomic E-state index is 0.362. The number of rotatable bonds is 8. The normalized spacial score (nSPS) is 16.9. The van der Waals surface area contributed by atoms with E-state index < -0.39 is 21.9 Å². The first-order valence-corrected chi connectivity index (χ1v) is 10.7. The zero-order chi connectivity index (χ0) is 20.9. The Morgan fingerprint density at radius 2 is 1.66 bits per heavy atom. The lowest BCUT2D eigenvalue weighted by molar-refractivity contribution is -0.137. The second kappa shape index (κ2) is 9.00. The van der Waals surface area contributed by atoms with Crippen LogP contribution in [0.25, 0.3) is 0 Å². The van der Waals surface area contributed by atoms with E-state index >= 15 is 0 Å². The topological polar surface area (TPSA) is 62.7 Å². The zero-order valence-corrected chi connectivity index (χ0v) is 16.5. The van der Waals surface area contributed by atoms with Crippen molar-refractivity contribution in [3.63, 3.8) is 0 Å². The summed E-state index contributed by atoms with van der Waals surface area (Å²) in [6.07, 6.45) is 0.875. The maximum atomic E-state index is 12.6. The summed E-state index contributed by atoms with van der Waals surface area (Å²) in [5.74, 6) is 0.383. The van der Waals surface area contributed by atoms with Gasteiger partial charge >= 0.3 is 16.4 Å². The van der Waals surface area contributed by atoms with Gasteiger partial charge in [0.05, 0.1) is 17.9 Å². The van der Waals surface area contributed by atoms with Crippen LogP contribution in [-0.2, 0) is 16.4 Å². The highest BCUT2D eigenvalue weighted by Crippen LogP contribution is 2.30. The highest BCUT2D eigenvalue weighted by molar-refractivity contribution is 7.90. The first-order valence-electron chi connectivity index (χ1n) is 9.26. The fourth-order valence-corrected chi connectivity index (χ4v) is 4.72. The Kier molecular flexibility index (Phi) is 6.63. The molecule has 2 heterocycles. The molecular formula is C19H22F3N3O3S. The van der Waals surface area contributed by atoms with Crippen LogP contribution in [0.3, 0.4) is 0 Å². The van der Waals surface area contributed by atoms with Gasteiger partial charge in [0.25, 0.3) is 0 Å². The molecule has 0 saturated carbocycles. The first kappa shape index (κ1) is 21.4. The average molecular weight is 429 g/mol. The number of aromatic nitrogens is 1. The van der Waals surface area contributed by atoms with Crippen molar-refractivity contribution in [2.24, 2.45) is 0 Å². The van der Waals surface area contributed by atoms with Crippen LogP contribution in [0.5, 0.6) is 5.75 Å². The highest BCUT2D eigenvalue weighted by atomic mass is 32.2. The second-order valence-corrected chi connectivity index (χ2v) is 8.47. The Bertz CT molecular complexity index is 890. The summed E-state index contributed by atoms with van der Waals surface area (Å²) in [5, 5.41) is 0. The van der Waals surface area contributed by atoms with Gasteiger partial charge in [-0.3, -0.25) is 9.29 Å². The number of pyridine rings is 1. The predicted octanol–water partition coefficient (Wildman–Crippen LogP) is 3.72. The minimum Gasteiger partial charge on any atom is -0.494 e. The van der Waals surface area contributed by atoms with E-state index in [1.807, 2.05) is 0 Å². The second-order valence-electron chi connectivity index (χ2n) is 6.62. The molecule has 6 nitrogen and oxygen atoms in total. The van der Waals surface area contributed by atoms with Gasteiger partial charge < -0.3 is 4.74 Å². The van der Waals surface area contributed by atoms with Crippen molar-refractivity contribution in [2.75, 3.05) is 30.5 Å². The molecule has 0 bridgehead atoms. The zero-order valence-electron chi connectivity index (χ0n) is 15.7. The number of halogens is 3. The summed E-state index contributed by atoms with van der Waals surface area (Å²) in [6.45, 7) is 1.63. The fourth-order valence-electron chi connectivity index (χ4n) is 3.07. The molecule has 0 N–H and O–H groups in total. The number of anilines is 1. The Balaban J connectivity index is 1.38. The van der Waals surface area contributed by atoms with Gasteiger partial charge in [-0.25, -0.2) is 0 Å². The van der Waals surface area contributed by atoms with Crippen molar-refractivity contribution in [1.29, 1.82) is 0 Å².